The summed E-state index contributed by atoms with van der Waals surface area (Å²) in [6.07, 6.45) is 2.51. The molecule has 0 heterocycles. The second kappa shape index (κ2) is 5.29. The molecule has 1 N–H and O–H groups in total. The zero-order chi connectivity index (χ0) is 14.0. The zero-order valence-corrected chi connectivity index (χ0v) is 11.4. The Kier molecular flexibility index (Phi) is 3.90. The van der Waals surface area contributed by atoms with Crippen molar-refractivity contribution >= 4 is 5.91 Å². The van der Waals surface area contributed by atoms with E-state index in [0.717, 1.165) is 24.8 Å². The maximum absolute atomic E-state index is 13.2. The summed E-state index contributed by atoms with van der Waals surface area (Å²) in [6.45, 7) is 2.07. The van der Waals surface area contributed by atoms with Gasteiger partial charge in [0.25, 0.3) is 0 Å². The van der Waals surface area contributed by atoms with Crippen molar-refractivity contribution in [1.82, 2.24) is 4.90 Å². The molecule has 0 aliphatic heterocycles. The third-order valence-electron chi connectivity index (χ3n) is 4.06. The molecule has 0 atom stereocenters. The number of carbonyl (C=O) groups is 1. The lowest BCUT2D eigenvalue weighted by atomic mass is 9.68. The first-order valence-electron chi connectivity index (χ1n) is 6.60. The summed E-state index contributed by atoms with van der Waals surface area (Å²) in [5, 5.41) is 9.41. The van der Waals surface area contributed by atoms with Crippen molar-refractivity contribution in [2.75, 3.05) is 13.7 Å². The maximum atomic E-state index is 13.2. The number of amides is 1. The number of hydrogen-bond donors (Lipinski definition) is 1. The van der Waals surface area contributed by atoms with E-state index in [0.29, 0.717) is 12.1 Å². The van der Waals surface area contributed by atoms with Gasteiger partial charge >= 0.3 is 0 Å². The van der Waals surface area contributed by atoms with Gasteiger partial charge in [-0.25, -0.2) is 4.39 Å². The molecule has 0 radical (unpaired) electrons. The van der Waals surface area contributed by atoms with Crippen molar-refractivity contribution in [1.29, 1.82) is 0 Å². The van der Waals surface area contributed by atoms with E-state index < -0.39 is 5.41 Å². The number of aliphatic hydroxyl groups is 1. The van der Waals surface area contributed by atoms with Gasteiger partial charge in [0.2, 0.25) is 5.91 Å². The van der Waals surface area contributed by atoms with Crippen LogP contribution in [0.2, 0.25) is 0 Å². The molecule has 3 nitrogen and oxygen atoms in total. The molecule has 0 bridgehead atoms. The van der Waals surface area contributed by atoms with Crippen LogP contribution in [0.15, 0.2) is 18.2 Å². The summed E-state index contributed by atoms with van der Waals surface area (Å²) < 4.78 is 13.2. The Balaban J connectivity index is 2.06. The van der Waals surface area contributed by atoms with Gasteiger partial charge in [-0.1, -0.05) is 18.6 Å². The summed E-state index contributed by atoms with van der Waals surface area (Å²) >= 11 is 0. The molecule has 1 aromatic rings. The minimum Gasteiger partial charge on any atom is -0.395 e. The fourth-order valence-corrected chi connectivity index (χ4v) is 2.60. The molecule has 2 rings (SSSR count). The van der Waals surface area contributed by atoms with Crippen molar-refractivity contribution < 1.29 is 14.3 Å². The smallest absolute Gasteiger partial charge is 0.231 e. The minimum atomic E-state index is -0.566. The summed E-state index contributed by atoms with van der Waals surface area (Å²) in [4.78, 5) is 14.0. The van der Waals surface area contributed by atoms with E-state index in [1.54, 1.807) is 31.0 Å². The molecule has 0 aromatic heterocycles. The van der Waals surface area contributed by atoms with Crippen LogP contribution in [0.3, 0.4) is 0 Å². The van der Waals surface area contributed by atoms with Gasteiger partial charge in [0.05, 0.1) is 12.0 Å². The van der Waals surface area contributed by atoms with Crippen LogP contribution in [0, 0.1) is 18.2 Å². The van der Waals surface area contributed by atoms with Gasteiger partial charge in [0.15, 0.2) is 0 Å². The van der Waals surface area contributed by atoms with E-state index in [9.17, 15) is 14.3 Å². The van der Waals surface area contributed by atoms with Crippen LogP contribution >= 0.6 is 0 Å². The van der Waals surface area contributed by atoms with Crippen LogP contribution in [0.1, 0.15) is 30.4 Å². The number of aliphatic hydroxyl groups excluding tert-OH is 1. The van der Waals surface area contributed by atoms with Gasteiger partial charge < -0.3 is 10.0 Å². The second-order valence-electron chi connectivity index (χ2n) is 5.54. The molecule has 1 amide bonds. The first-order valence-corrected chi connectivity index (χ1v) is 6.60. The summed E-state index contributed by atoms with van der Waals surface area (Å²) in [5.74, 6) is -0.244. The Bertz CT molecular complexity index is 478. The third-order valence-corrected chi connectivity index (χ3v) is 4.06. The van der Waals surface area contributed by atoms with Gasteiger partial charge in [0, 0.05) is 13.6 Å². The van der Waals surface area contributed by atoms with Crippen LogP contribution in [-0.4, -0.2) is 29.6 Å². The number of halogens is 1. The Morgan fingerprint density at radius 3 is 2.63 bits per heavy atom. The molecule has 1 aromatic carbocycles. The number of rotatable bonds is 4. The quantitative estimate of drug-likeness (QED) is 0.907. The van der Waals surface area contributed by atoms with Crippen LogP contribution in [0.5, 0.6) is 0 Å². The van der Waals surface area contributed by atoms with Crippen LogP contribution in [-0.2, 0) is 11.3 Å². The highest BCUT2D eigenvalue weighted by molar-refractivity contribution is 5.83. The molecule has 1 aliphatic carbocycles. The molecule has 0 unspecified atom stereocenters. The van der Waals surface area contributed by atoms with Crippen molar-refractivity contribution in [3.05, 3.63) is 35.1 Å². The van der Waals surface area contributed by atoms with E-state index in [4.69, 9.17) is 0 Å². The van der Waals surface area contributed by atoms with E-state index in [-0.39, 0.29) is 18.3 Å². The summed E-state index contributed by atoms with van der Waals surface area (Å²) in [5.41, 5.74) is 0.921. The SMILES string of the molecule is Cc1cc(CN(C)C(=O)C2(CO)CCC2)ccc1F. The topological polar surface area (TPSA) is 40.5 Å². The number of hydrogen-bond acceptors (Lipinski definition) is 2. The van der Waals surface area contributed by atoms with E-state index in [2.05, 4.69) is 0 Å². The van der Waals surface area contributed by atoms with Crippen molar-refractivity contribution in [2.45, 2.75) is 32.7 Å². The van der Waals surface area contributed by atoms with Crippen LogP contribution < -0.4 is 0 Å². The number of carbonyl (C=O) groups excluding carboxylic acids is 1. The highest BCUT2D eigenvalue weighted by Gasteiger charge is 2.44. The monoisotopic (exact) mass is 265 g/mol. The Labute approximate surface area is 113 Å². The molecule has 0 spiro atoms. The van der Waals surface area contributed by atoms with Gasteiger partial charge in [-0.3, -0.25) is 4.79 Å². The van der Waals surface area contributed by atoms with Gasteiger partial charge in [-0.05, 0) is 37.0 Å². The first-order chi connectivity index (χ1) is 8.98. The van der Waals surface area contributed by atoms with E-state index in [1.807, 2.05) is 0 Å². The molecule has 1 aliphatic rings. The number of benzene rings is 1. The Hall–Kier alpha value is -1.42. The lowest BCUT2D eigenvalue weighted by molar-refractivity contribution is -0.150. The average Bonchev–Trinajstić information content (AvgIpc) is 2.33. The fraction of sp³-hybridized carbons (Fsp3) is 0.533. The molecular formula is C15H20FNO2. The molecule has 4 heteroatoms. The fourth-order valence-electron chi connectivity index (χ4n) is 2.60. The molecule has 19 heavy (non-hydrogen) atoms. The highest BCUT2D eigenvalue weighted by atomic mass is 19.1. The third kappa shape index (κ3) is 2.63. The van der Waals surface area contributed by atoms with E-state index in [1.165, 1.54) is 6.07 Å². The van der Waals surface area contributed by atoms with E-state index >= 15 is 0 Å². The van der Waals surface area contributed by atoms with Gasteiger partial charge in [-0.2, -0.15) is 0 Å². The zero-order valence-electron chi connectivity index (χ0n) is 11.4. The van der Waals surface area contributed by atoms with Gasteiger partial charge in [0.1, 0.15) is 5.82 Å². The molecule has 1 fully saturated rings. The Morgan fingerprint density at radius 1 is 1.47 bits per heavy atom. The number of aryl methyl sites for hydroxylation is 1. The van der Waals surface area contributed by atoms with Crippen molar-refractivity contribution in [3.63, 3.8) is 0 Å². The minimum absolute atomic E-state index is 0.0109. The second-order valence-corrected chi connectivity index (χ2v) is 5.54. The van der Waals surface area contributed by atoms with Gasteiger partial charge in [-0.15, -0.1) is 0 Å². The summed E-state index contributed by atoms with van der Waals surface area (Å²) in [7, 11) is 1.73. The predicted octanol–water partition coefficient (Wildman–Crippen LogP) is 2.26. The number of nitrogens with zero attached hydrogens (tertiary/aromatic N) is 1. The first kappa shape index (κ1) is 14.0. The maximum Gasteiger partial charge on any atom is 0.231 e. The van der Waals surface area contributed by atoms with Crippen LogP contribution in [0.25, 0.3) is 0 Å². The normalized spacial score (nSPS) is 16.8. The molecule has 104 valence electrons. The standard InChI is InChI=1S/C15H20FNO2/c1-11-8-12(4-5-13(11)16)9-17(2)14(19)15(10-18)6-3-7-15/h4-5,8,18H,3,6-7,9-10H2,1-2H3. The van der Waals surface area contributed by atoms with Crippen molar-refractivity contribution in [2.24, 2.45) is 5.41 Å². The molecule has 0 saturated heterocycles. The Morgan fingerprint density at radius 2 is 2.16 bits per heavy atom. The molecule has 1 saturated carbocycles. The lowest BCUT2D eigenvalue weighted by Gasteiger charge is -2.41. The predicted molar refractivity (Wildman–Crippen MR) is 71.0 cm³/mol. The van der Waals surface area contributed by atoms with Crippen molar-refractivity contribution in [3.8, 4) is 0 Å². The molecular weight excluding hydrogens is 245 g/mol. The highest BCUT2D eigenvalue weighted by Crippen LogP contribution is 2.42. The summed E-state index contributed by atoms with van der Waals surface area (Å²) in [6, 6.07) is 4.87. The largest absolute Gasteiger partial charge is 0.395 e. The average molecular weight is 265 g/mol. The van der Waals surface area contributed by atoms with Crippen LogP contribution in [0.4, 0.5) is 4.39 Å². The lowest BCUT2D eigenvalue weighted by Crippen LogP contribution is -2.48.